The van der Waals surface area contributed by atoms with Gasteiger partial charge in [0.05, 0.1) is 0 Å². The second-order valence-electron chi connectivity index (χ2n) is 6.84. The van der Waals surface area contributed by atoms with Crippen molar-refractivity contribution >= 4 is 0 Å². The van der Waals surface area contributed by atoms with Crippen LogP contribution in [0.1, 0.15) is 24.3 Å². The maximum atomic E-state index is 13.4. The van der Waals surface area contributed by atoms with Gasteiger partial charge < -0.3 is 14.6 Å². The van der Waals surface area contributed by atoms with Crippen LogP contribution >= 0.6 is 0 Å². The summed E-state index contributed by atoms with van der Waals surface area (Å²) < 4.78 is 25.0. The summed E-state index contributed by atoms with van der Waals surface area (Å²) >= 11 is 0. The van der Waals surface area contributed by atoms with Gasteiger partial charge in [0.25, 0.3) is 0 Å². The Balaban J connectivity index is 1.40. The van der Waals surface area contributed by atoms with Gasteiger partial charge in [0.2, 0.25) is 0 Å². The Morgan fingerprint density at radius 2 is 2.08 bits per heavy atom. The van der Waals surface area contributed by atoms with Crippen LogP contribution < -0.4 is 9.47 Å². The van der Waals surface area contributed by atoms with Gasteiger partial charge in [0, 0.05) is 19.2 Å². The zero-order valence-corrected chi connectivity index (χ0v) is 14.0. The van der Waals surface area contributed by atoms with E-state index in [0.29, 0.717) is 29.8 Å². The summed E-state index contributed by atoms with van der Waals surface area (Å²) in [6, 6.07) is 11.9. The second-order valence-corrected chi connectivity index (χ2v) is 6.84. The Morgan fingerprint density at radius 1 is 1.16 bits per heavy atom. The van der Waals surface area contributed by atoms with Crippen LogP contribution in [0.15, 0.2) is 42.5 Å². The summed E-state index contributed by atoms with van der Waals surface area (Å²) in [5, 5.41) is 9.71. The normalized spacial score (nSPS) is 23.4. The van der Waals surface area contributed by atoms with Crippen molar-refractivity contribution < 1.29 is 19.0 Å². The Morgan fingerprint density at radius 3 is 2.96 bits per heavy atom. The van der Waals surface area contributed by atoms with Crippen molar-refractivity contribution in [3.8, 4) is 17.2 Å². The Hall–Kier alpha value is -2.27. The maximum absolute atomic E-state index is 13.4. The van der Waals surface area contributed by atoms with E-state index in [1.807, 2.05) is 12.1 Å². The van der Waals surface area contributed by atoms with Crippen molar-refractivity contribution in [3.63, 3.8) is 0 Å². The number of phenols is 1. The van der Waals surface area contributed by atoms with Gasteiger partial charge >= 0.3 is 0 Å². The molecule has 4 nitrogen and oxygen atoms in total. The van der Waals surface area contributed by atoms with Gasteiger partial charge in [-0.3, -0.25) is 4.90 Å². The molecular weight excluding hydrogens is 321 g/mol. The minimum atomic E-state index is -0.315. The van der Waals surface area contributed by atoms with Crippen LogP contribution in [0.2, 0.25) is 0 Å². The molecule has 0 radical (unpaired) electrons. The lowest BCUT2D eigenvalue weighted by Gasteiger charge is -2.36. The number of hydrogen-bond acceptors (Lipinski definition) is 4. The SMILES string of the molecule is Oc1cccc(C2CCCN(C[C@H]3COc4ccc(F)cc4O3)C2)c1. The van der Waals surface area contributed by atoms with E-state index in [9.17, 15) is 9.50 Å². The molecule has 1 N–H and O–H groups in total. The molecule has 132 valence electrons. The molecule has 2 aliphatic heterocycles. The van der Waals surface area contributed by atoms with E-state index >= 15 is 0 Å². The van der Waals surface area contributed by atoms with E-state index in [0.717, 1.165) is 32.5 Å². The predicted octanol–water partition coefficient (Wildman–Crippen LogP) is 3.55. The number of phenolic OH excluding ortho intramolecular Hbond substituents is 1. The van der Waals surface area contributed by atoms with E-state index in [1.165, 1.54) is 17.7 Å². The molecule has 1 fully saturated rings. The smallest absolute Gasteiger partial charge is 0.164 e. The average molecular weight is 343 g/mol. The summed E-state index contributed by atoms with van der Waals surface area (Å²) in [7, 11) is 0. The molecule has 0 aliphatic carbocycles. The first-order valence-electron chi connectivity index (χ1n) is 8.77. The average Bonchev–Trinajstić information content (AvgIpc) is 2.62. The first-order chi connectivity index (χ1) is 12.2. The summed E-state index contributed by atoms with van der Waals surface area (Å²) in [4.78, 5) is 2.37. The van der Waals surface area contributed by atoms with Crippen molar-refractivity contribution in [2.75, 3.05) is 26.2 Å². The van der Waals surface area contributed by atoms with Crippen molar-refractivity contribution in [2.24, 2.45) is 0 Å². The molecule has 2 atom stereocenters. The number of nitrogens with zero attached hydrogens (tertiary/aromatic N) is 1. The topological polar surface area (TPSA) is 41.9 Å². The van der Waals surface area contributed by atoms with Crippen molar-refractivity contribution in [1.82, 2.24) is 4.90 Å². The molecule has 0 bridgehead atoms. The van der Waals surface area contributed by atoms with Crippen LogP contribution in [-0.4, -0.2) is 42.4 Å². The molecule has 2 aromatic carbocycles. The number of aromatic hydroxyl groups is 1. The van der Waals surface area contributed by atoms with Gasteiger partial charge in [-0.1, -0.05) is 12.1 Å². The fourth-order valence-electron chi connectivity index (χ4n) is 3.74. The molecule has 0 aromatic heterocycles. The van der Waals surface area contributed by atoms with Crippen LogP contribution in [0.5, 0.6) is 17.2 Å². The lowest BCUT2D eigenvalue weighted by atomic mass is 9.90. The standard InChI is InChI=1S/C20H22FNO3/c21-16-6-7-19-20(10-16)25-18(13-24-19)12-22-8-2-4-15(11-22)14-3-1-5-17(23)9-14/h1,3,5-7,9-10,15,18,23H,2,4,8,11-13H2/t15?,18-/m0/s1. The van der Waals surface area contributed by atoms with Crippen LogP contribution in [0, 0.1) is 5.82 Å². The van der Waals surface area contributed by atoms with Crippen LogP contribution in [0.4, 0.5) is 4.39 Å². The first kappa shape index (κ1) is 16.2. The van der Waals surface area contributed by atoms with Gasteiger partial charge in [-0.2, -0.15) is 0 Å². The number of likely N-dealkylation sites (tertiary alicyclic amines) is 1. The molecule has 2 aromatic rings. The molecule has 1 unspecified atom stereocenters. The molecule has 1 saturated heterocycles. The molecule has 0 spiro atoms. The fraction of sp³-hybridized carbons (Fsp3) is 0.400. The van der Waals surface area contributed by atoms with Crippen LogP contribution in [0.3, 0.4) is 0 Å². The number of halogens is 1. The zero-order chi connectivity index (χ0) is 17.2. The van der Waals surface area contributed by atoms with Crippen molar-refractivity contribution in [1.29, 1.82) is 0 Å². The third-order valence-corrected chi connectivity index (χ3v) is 4.93. The monoisotopic (exact) mass is 343 g/mol. The predicted molar refractivity (Wildman–Crippen MR) is 92.8 cm³/mol. The minimum Gasteiger partial charge on any atom is -0.508 e. The molecular formula is C20H22FNO3. The third-order valence-electron chi connectivity index (χ3n) is 4.93. The summed E-state index contributed by atoms with van der Waals surface area (Å²) in [6.07, 6.45) is 2.13. The summed E-state index contributed by atoms with van der Waals surface area (Å²) in [5.74, 6) is 1.50. The van der Waals surface area contributed by atoms with Gasteiger partial charge in [-0.25, -0.2) is 4.39 Å². The molecule has 5 heteroatoms. The lowest BCUT2D eigenvalue weighted by Crippen LogP contribution is -2.44. The van der Waals surface area contributed by atoms with Crippen molar-refractivity contribution in [2.45, 2.75) is 24.9 Å². The molecule has 0 amide bonds. The van der Waals surface area contributed by atoms with Gasteiger partial charge in [0.15, 0.2) is 11.5 Å². The van der Waals surface area contributed by atoms with Gasteiger partial charge in [0.1, 0.15) is 24.3 Å². The molecule has 0 saturated carbocycles. The van der Waals surface area contributed by atoms with Crippen LogP contribution in [0.25, 0.3) is 0 Å². The minimum absolute atomic E-state index is 0.0998. The number of benzene rings is 2. The summed E-state index contributed by atoms with van der Waals surface area (Å²) in [5.41, 5.74) is 1.18. The highest BCUT2D eigenvalue weighted by molar-refractivity contribution is 5.41. The van der Waals surface area contributed by atoms with Crippen molar-refractivity contribution in [3.05, 3.63) is 53.8 Å². The number of ether oxygens (including phenoxy) is 2. The fourth-order valence-corrected chi connectivity index (χ4v) is 3.74. The van der Waals surface area contributed by atoms with E-state index < -0.39 is 0 Å². The van der Waals surface area contributed by atoms with E-state index in [-0.39, 0.29) is 11.9 Å². The number of rotatable bonds is 3. The highest BCUT2D eigenvalue weighted by atomic mass is 19.1. The Labute approximate surface area is 146 Å². The quantitative estimate of drug-likeness (QED) is 0.925. The number of hydrogen-bond donors (Lipinski definition) is 1. The maximum Gasteiger partial charge on any atom is 0.164 e. The van der Waals surface area contributed by atoms with Gasteiger partial charge in [-0.05, 0) is 55.1 Å². The molecule has 2 aliphatic rings. The molecule has 4 rings (SSSR count). The number of piperidine rings is 1. The molecule has 2 heterocycles. The molecule has 25 heavy (non-hydrogen) atoms. The third kappa shape index (κ3) is 3.71. The second kappa shape index (κ2) is 6.92. The Bertz CT molecular complexity index is 751. The zero-order valence-electron chi connectivity index (χ0n) is 14.0. The van der Waals surface area contributed by atoms with E-state index in [2.05, 4.69) is 11.0 Å². The van der Waals surface area contributed by atoms with E-state index in [4.69, 9.17) is 9.47 Å². The van der Waals surface area contributed by atoms with E-state index in [1.54, 1.807) is 12.1 Å². The van der Waals surface area contributed by atoms with Crippen LogP contribution in [-0.2, 0) is 0 Å². The summed E-state index contributed by atoms with van der Waals surface area (Å²) in [6.45, 7) is 3.18. The van der Waals surface area contributed by atoms with Gasteiger partial charge in [-0.15, -0.1) is 0 Å². The number of fused-ring (bicyclic) bond motifs is 1. The highest BCUT2D eigenvalue weighted by Crippen LogP contribution is 2.33. The first-order valence-corrected chi connectivity index (χ1v) is 8.77. The Kier molecular flexibility index (Phi) is 4.49. The lowest BCUT2D eigenvalue weighted by molar-refractivity contribution is 0.0501. The highest BCUT2D eigenvalue weighted by Gasteiger charge is 2.27. The largest absolute Gasteiger partial charge is 0.508 e.